The van der Waals surface area contributed by atoms with Crippen molar-refractivity contribution in [3.63, 3.8) is 0 Å². The van der Waals surface area contributed by atoms with Crippen LogP contribution in [0.3, 0.4) is 0 Å². The monoisotopic (exact) mass is 240 g/mol. The van der Waals surface area contributed by atoms with Gasteiger partial charge < -0.3 is 10.6 Å². The first-order valence-electron chi connectivity index (χ1n) is 6.71. The van der Waals surface area contributed by atoms with Gasteiger partial charge in [-0.05, 0) is 63.6 Å². The summed E-state index contributed by atoms with van der Waals surface area (Å²) in [7, 11) is 0. The second kappa shape index (κ2) is 5.46. The van der Waals surface area contributed by atoms with Crippen LogP contribution in [0.4, 0.5) is 0 Å². The van der Waals surface area contributed by atoms with Crippen molar-refractivity contribution in [3.8, 4) is 0 Å². The fourth-order valence-electron chi connectivity index (χ4n) is 3.35. The molecule has 16 heavy (non-hydrogen) atoms. The molecular formula is C13H24N2S. The van der Waals surface area contributed by atoms with Crippen molar-refractivity contribution < 1.29 is 0 Å². The maximum Gasteiger partial charge on any atom is 0.0727 e. The van der Waals surface area contributed by atoms with Crippen LogP contribution in [0.25, 0.3) is 0 Å². The minimum Gasteiger partial charge on any atom is -0.393 e. The molecule has 92 valence electrons. The molecule has 1 saturated carbocycles. The average molecular weight is 240 g/mol. The molecule has 0 unspecified atom stereocenters. The van der Waals surface area contributed by atoms with E-state index in [1.54, 1.807) is 0 Å². The van der Waals surface area contributed by atoms with E-state index in [4.69, 9.17) is 18.0 Å². The first kappa shape index (κ1) is 12.3. The van der Waals surface area contributed by atoms with E-state index in [0.29, 0.717) is 4.99 Å². The van der Waals surface area contributed by atoms with Crippen molar-refractivity contribution in [2.45, 2.75) is 51.4 Å². The van der Waals surface area contributed by atoms with E-state index in [9.17, 15) is 0 Å². The molecule has 0 radical (unpaired) electrons. The van der Waals surface area contributed by atoms with Crippen LogP contribution in [0.15, 0.2) is 0 Å². The Morgan fingerprint density at radius 3 is 2.31 bits per heavy atom. The highest BCUT2D eigenvalue weighted by atomic mass is 32.1. The molecule has 1 heterocycles. The van der Waals surface area contributed by atoms with Crippen molar-refractivity contribution in [1.29, 1.82) is 0 Å². The lowest BCUT2D eigenvalue weighted by molar-refractivity contribution is 0.108. The van der Waals surface area contributed by atoms with Crippen LogP contribution >= 0.6 is 12.2 Å². The average Bonchev–Trinajstić information content (AvgIpc) is 2.70. The molecule has 0 aromatic heterocycles. The van der Waals surface area contributed by atoms with Gasteiger partial charge in [0, 0.05) is 0 Å². The Morgan fingerprint density at radius 1 is 1.12 bits per heavy atom. The van der Waals surface area contributed by atoms with Gasteiger partial charge in [-0.25, -0.2) is 0 Å². The lowest BCUT2D eigenvalue weighted by atomic mass is 9.77. The van der Waals surface area contributed by atoms with Crippen molar-refractivity contribution in [1.82, 2.24) is 4.90 Å². The molecule has 3 heteroatoms. The largest absolute Gasteiger partial charge is 0.393 e. The van der Waals surface area contributed by atoms with Gasteiger partial charge in [-0.15, -0.1) is 0 Å². The number of rotatable bonds is 4. The molecule has 0 amide bonds. The fourth-order valence-corrected chi connectivity index (χ4v) is 3.50. The van der Waals surface area contributed by atoms with Gasteiger partial charge in [-0.1, -0.05) is 25.1 Å². The summed E-state index contributed by atoms with van der Waals surface area (Å²) >= 11 is 4.90. The Labute approximate surface area is 105 Å². The predicted octanol–water partition coefficient (Wildman–Crippen LogP) is 2.71. The number of likely N-dealkylation sites (tertiary alicyclic amines) is 1. The third-order valence-corrected chi connectivity index (χ3v) is 4.68. The summed E-state index contributed by atoms with van der Waals surface area (Å²) in [5, 5.41) is 0. The molecule has 2 aliphatic rings. The number of piperidine rings is 1. The van der Waals surface area contributed by atoms with Crippen molar-refractivity contribution in [2.75, 3.05) is 19.6 Å². The van der Waals surface area contributed by atoms with Gasteiger partial charge in [0.1, 0.15) is 0 Å². The molecule has 2 N–H and O–H groups in total. The molecule has 0 bridgehead atoms. The molecule has 0 aromatic rings. The highest BCUT2D eigenvalue weighted by molar-refractivity contribution is 7.80. The highest BCUT2D eigenvalue weighted by Gasteiger charge is 2.36. The lowest BCUT2D eigenvalue weighted by Gasteiger charge is -2.39. The molecular weight excluding hydrogens is 216 g/mol. The second-order valence-corrected chi connectivity index (χ2v) is 6.14. The third-order valence-electron chi connectivity index (χ3n) is 4.48. The van der Waals surface area contributed by atoms with E-state index < -0.39 is 0 Å². The summed E-state index contributed by atoms with van der Waals surface area (Å²) in [6, 6.07) is 0. The number of hydrogen-bond donors (Lipinski definition) is 1. The maximum absolute atomic E-state index is 5.52. The van der Waals surface area contributed by atoms with Crippen LogP contribution in [-0.4, -0.2) is 29.5 Å². The molecule has 1 spiro atoms. The van der Waals surface area contributed by atoms with Gasteiger partial charge in [-0.3, -0.25) is 0 Å². The summed E-state index contributed by atoms with van der Waals surface area (Å²) in [6.45, 7) is 3.79. The molecule has 2 nitrogen and oxygen atoms in total. The maximum atomic E-state index is 5.52. The Balaban J connectivity index is 1.67. The predicted molar refractivity (Wildman–Crippen MR) is 72.6 cm³/mol. The number of hydrogen-bond acceptors (Lipinski definition) is 2. The van der Waals surface area contributed by atoms with E-state index in [2.05, 4.69) is 4.90 Å². The van der Waals surface area contributed by atoms with Crippen molar-refractivity contribution in [2.24, 2.45) is 11.1 Å². The zero-order valence-electron chi connectivity index (χ0n) is 10.2. The molecule has 2 fully saturated rings. The van der Waals surface area contributed by atoms with Crippen molar-refractivity contribution >= 4 is 17.2 Å². The van der Waals surface area contributed by atoms with Gasteiger partial charge in [0.05, 0.1) is 4.99 Å². The first-order chi connectivity index (χ1) is 7.70. The molecule has 1 aliphatic carbocycles. The van der Waals surface area contributed by atoms with E-state index >= 15 is 0 Å². The number of nitrogens with two attached hydrogens (primary N) is 1. The second-order valence-electron chi connectivity index (χ2n) is 5.62. The zero-order valence-corrected chi connectivity index (χ0v) is 11.0. The minimum atomic E-state index is 0.671. The van der Waals surface area contributed by atoms with E-state index in [-0.39, 0.29) is 0 Å². The van der Waals surface area contributed by atoms with E-state index in [1.807, 2.05) is 0 Å². The standard InChI is InChI=1S/C13H24N2S/c14-12(16)4-3-9-15-10-7-13(8-11-15)5-1-2-6-13/h1-11H2,(H2,14,16). The first-order valence-corrected chi connectivity index (χ1v) is 7.12. The molecule has 1 saturated heterocycles. The topological polar surface area (TPSA) is 29.3 Å². The quantitative estimate of drug-likeness (QED) is 0.766. The fraction of sp³-hybridized carbons (Fsp3) is 0.923. The van der Waals surface area contributed by atoms with Crippen LogP contribution in [0.5, 0.6) is 0 Å². The van der Waals surface area contributed by atoms with Gasteiger partial charge in [0.25, 0.3) is 0 Å². The summed E-state index contributed by atoms with van der Waals surface area (Å²) in [4.78, 5) is 3.27. The van der Waals surface area contributed by atoms with Crippen molar-refractivity contribution in [3.05, 3.63) is 0 Å². The zero-order chi connectivity index (χ0) is 11.4. The van der Waals surface area contributed by atoms with Crippen LogP contribution in [0, 0.1) is 5.41 Å². The summed E-state index contributed by atoms with van der Waals surface area (Å²) < 4.78 is 0. The van der Waals surface area contributed by atoms with E-state index in [1.165, 1.54) is 58.2 Å². The van der Waals surface area contributed by atoms with Gasteiger partial charge in [-0.2, -0.15) is 0 Å². The van der Waals surface area contributed by atoms with Gasteiger partial charge in [0.2, 0.25) is 0 Å². The van der Waals surface area contributed by atoms with Crippen LogP contribution in [-0.2, 0) is 0 Å². The van der Waals surface area contributed by atoms with Gasteiger partial charge in [0.15, 0.2) is 0 Å². The van der Waals surface area contributed by atoms with Gasteiger partial charge >= 0.3 is 0 Å². The summed E-state index contributed by atoms with van der Waals surface area (Å²) in [6.07, 6.45) is 10.9. The molecule has 0 atom stereocenters. The third kappa shape index (κ3) is 3.17. The SMILES string of the molecule is NC(=S)CCCN1CCC2(CCCC2)CC1. The summed E-state index contributed by atoms with van der Waals surface area (Å²) in [5.41, 5.74) is 6.27. The lowest BCUT2D eigenvalue weighted by Crippen LogP contribution is -2.39. The number of thiocarbonyl (C=S) groups is 1. The Bertz CT molecular complexity index is 236. The van der Waals surface area contributed by atoms with Crippen LogP contribution in [0.2, 0.25) is 0 Å². The molecule has 1 aliphatic heterocycles. The smallest absolute Gasteiger partial charge is 0.0727 e. The summed E-state index contributed by atoms with van der Waals surface area (Å²) in [5.74, 6) is 0. The molecule has 0 aromatic carbocycles. The highest BCUT2D eigenvalue weighted by Crippen LogP contribution is 2.45. The Morgan fingerprint density at radius 2 is 1.75 bits per heavy atom. The Kier molecular flexibility index (Phi) is 4.20. The number of nitrogens with zero attached hydrogens (tertiary/aromatic N) is 1. The Hall–Kier alpha value is -0.150. The van der Waals surface area contributed by atoms with E-state index in [0.717, 1.165) is 18.3 Å². The van der Waals surface area contributed by atoms with Crippen LogP contribution in [0.1, 0.15) is 51.4 Å². The molecule has 2 rings (SSSR count). The van der Waals surface area contributed by atoms with Crippen LogP contribution < -0.4 is 5.73 Å². The normalized spacial score (nSPS) is 25.0. The minimum absolute atomic E-state index is 0.671.